The van der Waals surface area contributed by atoms with Crippen LogP contribution in [0.4, 0.5) is 36.2 Å². The number of nitro groups is 1. The molecule has 3 saturated heterocycles. The number of rotatable bonds is 22. The number of allylic oxidation sites excluding steroid dienone is 1. The summed E-state index contributed by atoms with van der Waals surface area (Å²) >= 11 is 7.64. The van der Waals surface area contributed by atoms with Crippen molar-refractivity contribution in [1.82, 2.24) is 29.0 Å². The van der Waals surface area contributed by atoms with Crippen LogP contribution in [0, 0.1) is 15.5 Å². The number of halogens is 4. The number of benzene rings is 6. The number of amides is 2. The zero-order valence-corrected chi connectivity index (χ0v) is 55.4. The maximum Gasteiger partial charge on any atom is 0.501 e. The average molecular weight is 1370 g/mol. The van der Waals surface area contributed by atoms with Gasteiger partial charge in [-0.3, -0.25) is 39.7 Å². The molecule has 0 radical (unpaired) electrons. The monoisotopic (exact) mass is 1370 g/mol. The van der Waals surface area contributed by atoms with Crippen LogP contribution in [-0.2, 0) is 35.9 Å². The van der Waals surface area contributed by atoms with Crippen molar-refractivity contribution < 1.29 is 54.0 Å². The fourth-order valence-corrected chi connectivity index (χ4v) is 15.0. The Bertz CT molecular complexity index is 4050. The van der Waals surface area contributed by atoms with Gasteiger partial charge in [-0.2, -0.15) is 13.2 Å². The number of fused-ring (bicyclic) bond motifs is 1. The number of alkyl halides is 3. The zero-order valence-electron chi connectivity index (χ0n) is 52.2. The lowest BCUT2D eigenvalue weighted by atomic mass is 9.73. The molecule has 500 valence electrons. The van der Waals surface area contributed by atoms with E-state index in [-0.39, 0.29) is 22.2 Å². The number of carbonyl (C=O) groups is 2. The quantitative estimate of drug-likeness (QED) is 0.0325. The molecule has 27 heteroatoms. The first-order valence-electron chi connectivity index (χ1n) is 31.1. The number of morpholine rings is 2. The number of sulfonamides is 1. The number of aromatic nitrogens is 2. The number of hydrogen-bond acceptors (Lipinski definition) is 17. The largest absolute Gasteiger partial charge is 0.501 e. The van der Waals surface area contributed by atoms with Gasteiger partial charge in [0, 0.05) is 129 Å². The van der Waals surface area contributed by atoms with E-state index in [0.717, 1.165) is 119 Å². The van der Waals surface area contributed by atoms with Gasteiger partial charge in [-0.05, 0) is 127 Å². The maximum atomic E-state index is 14.2. The van der Waals surface area contributed by atoms with Crippen LogP contribution >= 0.6 is 23.4 Å². The lowest BCUT2D eigenvalue weighted by molar-refractivity contribution is -0.384. The summed E-state index contributed by atoms with van der Waals surface area (Å²) < 4.78 is 111. The van der Waals surface area contributed by atoms with Gasteiger partial charge in [0.1, 0.15) is 4.90 Å². The van der Waals surface area contributed by atoms with Crippen molar-refractivity contribution in [3.8, 4) is 0 Å². The first kappa shape index (κ1) is 69.4. The standard InChI is InChI=1S/C47H55ClF3N5O6S3.C20H21N5O4/c1-46(2)20-18-42(34-8-12-37(48)13-9-34)36(31-46)32-55-22-24-56(25-23-55)39-14-10-35(11-15-39)45(57)53-65(60,61)41-16-17-43(44(30-41)64(58,59)47(49,50)51)52-38(19-21-54-26-28-62-29-27-54)33-63-40-6-4-3-5-7-40;26-19(15-4-3-5-16(14-15)25(27)28)22-20-21-17-6-1-2-7-18(17)24(20)9-8-23-10-12-29-13-11-23/h3-17,30,38,52H,18-29,31-33H2,1-2H3,(H,53,57);1-7,14H,8-13H2,(H,21,22,26)/t38-;/m1./s1. The molecular weight excluding hydrogens is 1290 g/mol. The van der Waals surface area contributed by atoms with Crippen molar-refractivity contribution in [1.29, 1.82) is 0 Å². The van der Waals surface area contributed by atoms with Crippen LogP contribution in [0.5, 0.6) is 0 Å². The summed E-state index contributed by atoms with van der Waals surface area (Å²) in [5, 5.41) is 17.5. The van der Waals surface area contributed by atoms with Crippen molar-refractivity contribution in [2.75, 3.05) is 120 Å². The van der Waals surface area contributed by atoms with E-state index in [9.17, 15) is 49.7 Å². The van der Waals surface area contributed by atoms with Gasteiger partial charge in [0.2, 0.25) is 5.95 Å². The Morgan fingerprint density at radius 1 is 0.734 bits per heavy atom. The molecule has 1 atom stereocenters. The average Bonchev–Trinajstić information content (AvgIpc) is 0.822. The number of nitro benzene ring substituents is 1. The number of piperazine rings is 1. The molecule has 0 unspecified atom stereocenters. The lowest BCUT2D eigenvalue weighted by Crippen LogP contribution is -2.47. The summed E-state index contributed by atoms with van der Waals surface area (Å²) in [4.78, 5) is 49.0. The number of nitrogens with zero attached hydrogens (tertiary/aromatic N) is 7. The van der Waals surface area contributed by atoms with Crippen LogP contribution in [0.3, 0.4) is 0 Å². The van der Waals surface area contributed by atoms with E-state index in [2.05, 4.69) is 61.2 Å². The van der Waals surface area contributed by atoms with Crippen LogP contribution in [0.15, 0.2) is 166 Å². The molecule has 3 fully saturated rings. The molecule has 0 bridgehead atoms. The number of thioether (sulfide) groups is 1. The number of carbonyl (C=O) groups excluding carboxylic acids is 2. The minimum absolute atomic E-state index is 0.00186. The predicted octanol–water partition coefficient (Wildman–Crippen LogP) is 11.4. The van der Waals surface area contributed by atoms with Crippen molar-refractivity contribution in [3.05, 3.63) is 183 Å². The van der Waals surface area contributed by atoms with Gasteiger partial charge in [0.25, 0.3) is 37.4 Å². The van der Waals surface area contributed by atoms with E-state index in [1.54, 1.807) is 18.2 Å². The fourth-order valence-electron chi connectivity index (χ4n) is 11.9. The Labute approximate surface area is 554 Å². The maximum absolute atomic E-state index is 14.2. The summed E-state index contributed by atoms with van der Waals surface area (Å²) in [6, 6.07) is 39.1. The smallest absolute Gasteiger partial charge is 0.380 e. The second-order valence-corrected chi connectivity index (χ2v) is 29.4. The molecule has 2 amide bonds. The minimum atomic E-state index is -6.05. The first-order valence-corrected chi connectivity index (χ1v) is 35.4. The van der Waals surface area contributed by atoms with Gasteiger partial charge in [-0.1, -0.05) is 79.6 Å². The third-order valence-corrected chi connectivity index (χ3v) is 21.4. The van der Waals surface area contributed by atoms with Gasteiger partial charge < -0.3 is 24.3 Å². The molecule has 20 nitrogen and oxygen atoms in total. The van der Waals surface area contributed by atoms with E-state index < -0.39 is 63.6 Å². The van der Waals surface area contributed by atoms with Crippen molar-refractivity contribution >= 4 is 94.7 Å². The van der Waals surface area contributed by atoms with Gasteiger partial charge in [0.15, 0.2) is 0 Å². The van der Waals surface area contributed by atoms with Crippen LogP contribution in [0.1, 0.15) is 65.8 Å². The molecule has 6 aromatic carbocycles. The van der Waals surface area contributed by atoms with Crippen LogP contribution in [0.25, 0.3) is 16.6 Å². The Morgan fingerprint density at radius 3 is 2.06 bits per heavy atom. The highest BCUT2D eigenvalue weighted by Gasteiger charge is 2.48. The molecular formula is C67H76ClF3N10O10S3. The number of non-ortho nitro benzene ring substituents is 1. The highest BCUT2D eigenvalue weighted by Crippen LogP contribution is 2.43. The molecule has 3 N–H and O–H groups in total. The van der Waals surface area contributed by atoms with E-state index in [1.165, 1.54) is 58.8 Å². The Kier molecular flexibility index (Phi) is 22.9. The first-order chi connectivity index (χ1) is 45.0. The molecule has 1 aromatic heterocycles. The topological polar surface area (TPSA) is 231 Å². The predicted molar refractivity (Wildman–Crippen MR) is 360 cm³/mol. The van der Waals surface area contributed by atoms with E-state index in [0.29, 0.717) is 68.6 Å². The highest BCUT2D eigenvalue weighted by molar-refractivity contribution is 7.99. The molecule has 3 aliphatic heterocycles. The third-order valence-electron chi connectivity index (χ3n) is 17.1. The molecule has 0 spiro atoms. The van der Waals surface area contributed by atoms with Crippen molar-refractivity contribution in [2.45, 2.75) is 72.3 Å². The normalized spacial score (nSPS) is 17.2. The number of para-hydroxylation sites is 2. The number of imidazole rings is 1. The van der Waals surface area contributed by atoms with Gasteiger partial charge in [0.05, 0.1) is 53.0 Å². The van der Waals surface area contributed by atoms with Crippen molar-refractivity contribution in [3.63, 3.8) is 0 Å². The van der Waals surface area contributed by atoms with E-state index in [4.69, 9.17) is 21.1 Å². The number of anilines is 3. The number of hydrogen-bond donors (Lipinski definition) is 3. The van der Waals surface area contributed by atoms with E-state index >= 15 is 0 Å². The van der Waals surface area contributed by atoms with Gasteiger partial charge in [-0.25, -0.2) is 26.5 Å². The van der Waals surface area contributed by atoms with Crippen LogP contribution < -0.4 is 20.3 Å². The van der Waals surface area contributed by atoms with Crippen LogP contribution in [0.2, 0.25) is 5.02 Å². The molecule has 4 aliphatic rings. The molecule has 4 heterocycles. The summed E-state index contributed by atoms with van der Waals surface area (Å²) in [6.45, 7) is 16.3. The minimum Gasteiger partial charge on any atom is -0.380 e. The summed E-state index contributed by atoms with van der Waals surface area (Å²) in [6.07, 6.45) is 3.60. The van der Waals surface area contributed by atoms with Crippen LogP contribution in [-0.4, -0.2) is 174 Å². The lowest BCUT2D eigenvalue weighted by Gasteiger charge is -2.39. The Morgan fingerprint density at radius 2 is 1.39 bits per heavy atom. The SMILES string of the molecule is CC1(C)CCC(c2ccc(Cl)cc2)=C(CN2CCN(c3ccc(C(=O)NS(=O)(=O)c4ccc(N[C@H](CCN5CCOCC5)CSc5ccccc5)c(S(=O)(=O)C(F)(F)F)c4)cc3)CC2)C1.O=C(Nc1nc2ccccc2n1CCN1CCOCC1)c1cccc([N+](=O)[O-])c1. The third kappa shape index (κ3) is 18.1. The second-order valence-electron chi connectivity index (χ2n) is 24.3. The van der Waals surface area contributed by atoms with E-state index in [1.807, 2.05) is 76.0 Å². The second kappa shape index (κ2) is 31.0. The summed E-state index contributed by atoms with van der Waals surface area (Å²) in [5.41, 5.74) is 0.780. The number of ether oxygens (including phenoxy) is 2. The fraction of sp³-hybridized carbons (Fsp3) is 0.388. The zero-order chi connectivity index (χ0) is 66.6. The number of sulfone groups is 1. The summed E-state index contributed by atoms with van der Waals surface area (Å²) in [5.74, 6) is -0.660. The van der Waals surface area contributed by atoms with Gasteiger partial charge in [-0.15, -0.1) is 11.8 Å². The Hall–Kier alpha value is -7.40. The Balaban J connectivity index is 0.000000275. The molecule has 94 heavy (non-hydrogen) atoms. The number of nitrogens with one attached hydrogen (secondary N) is 3. The summed E-state index contributed by atoms with van der Waals surface area (Å²) in [7, 11) is -10.9. The highest BCUT2D eigenvalue weighted by atomic mass is 35.5. The molecule has 1 aliphatic carbocycles. The molecule has 11 rings (SSSR count). The van der Waals surface area contributed by atoms with Gasteiger partial charge >= 0.3 is 5.51 Å². The molecule has 0 saturated carbocycles. The van der Waals surface area contributed by atoms with Crippen molar-refractivity contribution in [2.24, 2.45) is 5.41 Å². The molecule has 7 aromatic rings.